The fourth-order valence-corrected chi connectivity index (χ4v) is 3.50. The number of carbonyl (C=O) groups excluding carboxylic acids is 1. The molecule has 190 valence electrons. The zero-order valence-electron chi connectivity index (χ0n) is 19.3. The molecule has 0 saturated carbocycles. The van der Waals surface area contributed by atoms with Crippen molar-refractivity contribution in [2.24, 2.45) is 0 Å². The maximum Gasteiger partial charge on any atom is 0.328 e. The van der Waals surface area contributed by atoms with E-state index in [9.17, 15) is 19.5 Å². The molecule has 0 bridgehead atoms. The molecular weight excluding hydrogens is 484 g/mol. The van der Waals surface area contributed by atoms with Crippen LogP contribution in [0.4, 0.5) is 10.8 Å². The molecule has 36 heavy (non-hydrogen) atoms. The van der Waals surface area contributed by atoms with Crippen molar-refractivity contribution in [1.29, 1.82) is 0 Å². The van der Waals surface area contributed by atoms with E-state index in [1.807, 2.05) is 54.6 Å². The number of nitrogens with one attached hydrogen (secondary N) is 2. The minimum atomic E-state index is -1.26. The fourth-order valence-electron chi connectivity index (χ4n) is 2.94. The summed E-state index contributed by atoms with van der Waals surface area (Å²) < 4.78 is 0. The van der Waals surface area contributed by atoms with Crippen molar-refractivity contribution in [2.45, 2.75) is 18.9 Å². The molecule has 11 heteroatoms. The van der Waals surface area contributed by atoms with Crippen LogP contribution >= 0.6 is 11.3 Å². The number of carboxylic acid groups (broad SMARTS) is 2. The highest BCUT2D eigenvalue weighted by Crippen LogP contribution is 2.14. The molecule has 0 aliphatic carbocycles. The molecule has 0 unspecified atom stereocenters. The predicted molar refractivity (Wildman–Crippen MR) is 138 cm³/mol. The summed E-state index contributed by atoms with van der Waals surface area (Å²) in [5, 5.41) is 34.2. The van der Waals surface area contributed by atoms with Crippen molar-refractivity contribution < 1.29 is 29.7 Å². The molecule has 7 N–H and O–H groups in total. The molecule has 3 aromatic rings. The Morgan fingerprint density at radius 3 is 2.19 bits per heavy atom. The number of nitrogen functional groups attached to an aromatic ring is 1. The van der Waals surface area contributed by atoms with Crippen LogP contribution in [0.25, 0.3) is 0 Å². The Morgan fingerprint density at radius 1 is 1.00 bits per heavy atom. The minimum Gasteiger partial charge on any atom is -0.478 e. The number of aromatic nitrogens is 1. The monoisotopic (exact) mass is 512 g/mol. The number of rotatable bonds is 11. The number of aliphatic hydroxyl groups excluding tert-OH is 1. The summed E-state index contributed by atoms with van der Waals surface area (Å²) >= 11 is 1.33. The first-order chi connectivity index (χ1) is 17.2. The number of aliphatic hydroxyl groups is 1. The van der Waals surface area contributed by atoms with Gasteiger partial charge in [-0.05, 0) is 36.2 Å². The van der Waals surface area contributed by atoms with Gasteiger partial charge in [-0.25, -0.2) is 14.6 Å². The van der Waals surface area contributed by atoms with Crippen molar-refractivity contribution in [2.75, 3.05) is 24.1 Å². The van der Waals surface area contributed by atoms with Gasteiger partial charge in [0.25, 0.3) is 0 Å². The van der Waals surface area contributed by atoms with E-state index < -0.39 is 18.0 Å². The van der Waals surface area contributed by atoms with E-state index in [0.29, 0.717) is 29.5 Å². The lowest BCUT2D eigenvalue weighted by Crippen LogP contribution is -2.23. The summed E-state index contributed by atoms with van der Waals surface area (Å²) in [4.78, 5) is 35.2. The maximum atomic E-state index is 12.0. The van der Waals surface area contributed by atoms with E-state index >= 15 is 0 Å². The van der Waals surface area contributed by atoms with Crippen molar-refractivity contribution in [1.82, 2.24) is 10.3 Å². The van der Waals surface area contributed by atoms with Gasteiger partial charge in [0.05, 0.1) is 18.2 Å². The molecule has 0 fully saturated rings. The van der Waals surface area contributed by atoms with E-state index in [2.05, 4.69) is 15.6 Å². The van der Waals surface area contributed by atoms with Gasteiger partial charge in [-0.1, -0.05) is 42.5 Å². The first-order valence-corrected chi connectivity index (χ1v) is 11.8. The third-order valence-electron chi connectivity index (χ3n) is 4.63. The average Bonchev–Trinajstić information content (AvgIpc) is 3.26. The van der Waals surface area contributed by atoms with Crippen molar-refractivity contribution in [3.63, 3.8) is 0 Å². The van der Waals surface area contributed by atoms with Gasteiger partial charge in [0.15, 0.2) is 5.13 Å². The number of thiazole rings is 1. The number of nitrogens with two attached hydrogens (primary N) is 1. The summed E-state index contributed by atoms with van der Waals surface area (Å²) in [5.74, 6) is -2.63. The summed E-state index contributed by atoms with van der Waals surface area (Å²) in [6.07, 6.45) is 1.66. The van der Waals surface area contributed by atoms with Crippen LogP contribution in [0.5, 0.6) is 0 Å². The quantitative estimate of drug-likeness (QED) is 0.166. The topological polar surface area (TPSA) is 175 Å². The lowest BCUT2D eigenvalue weighted by Gasteiger charge is -2.12. The van der Waals surface area contributed by atoms with E-state index in [1.165, 1.54) is 11.3 Å². The number of nitrogens with zero attached hydrogens (tertiary/aromatic N) is 1. The van der Waals surface area contributed by atoms with Crippen molar-refractivity contribution >= 4 is 40.0 Å². The lowest BCUT2D eigenvalue weighted by molar-refractivity contribution is -0.134. The minimum absolute atomic E-state index is 0.116. The summed E-state index contributed by atoms with van der Waals surface area (Å²) in [5.41, 5.74) is 9.08. The SMILES string of the molecule is Nc1nc(CC(=O)Nc2ccc(CCNC[C@H](O)c3ccccc3)cc2)cs1.O=C(O)/C=C\C(=O)O. The number of carboxylic acids is 2. The number of benzene rings is 2. The van der Waals surface area contributed by atoms with Gasteiger partial charge in [-0.2, -0.15) is 0 Å². The second-order valence-electron chi connectivity index (χ2n) is 7.49. The Hall–Kier alpha value is -4.06. The van der Waals surface area contributed by atoms with Gasteiger partial charge < -0.3 is 31.7 Å². The molecule has 10 nitrogen and oxygen atoms in total. The van der Waals surface area contributed by atoms with Crippen LogP contribution in [0.15, 0.2) is 72.1 Å². The van der Waals surface area contributed by atoms with Gasteiger partial charge in [0, 0.05) is 29.8 Å². The molecule has 0 aliphatic heterocycles. The highest BCUT2D eigenvalue weighted by atomic mass is 32.1. The van der Waals surface area contributed by atoms with Crippen LogP contribution in [-0.2, 0) is 27.2 Å². The standard InChI is InChI=1S/C21H24N4O2S.C4H4O4/c22-21-25-18(14-28-21)12-20(27)24-17-8-6-15(7-9-17)10-11-23-13-19(26)16-4-2-1-3-5-16;5-3(6)1-2-4(7)8/h1-9,14,19,23,26H,10-13H2,(H2,22,25)(H,24,27);1-2H,(H,5,6)(H,7,8)/b;2-1-/t19-;/m0./s1. The van der Waals surface area contributed by atoms with Gasteiger partial charge in [-0.15, -0.1) is 11.3 Å². The van der Waals surface area contributed by atoms with Gasteiger partial charge in [0.2, 0.25) is 5.91 Å². The second-order valence-corrected chi connectivity index (χ2v) is 8.38. The van der Waals surface area contributed by atoms with Gasteiger partial charge in [0.1, 0.15) is 0 Å². The van der Waals surface area contributed by atoms with Crippen molar-refractivity contribution in [3.8, 4) is 0 Å². The highest BCUT2D eigenvalue weighted by Gasteiger charge is 2.08. The van der Waals surface area contributed by atoms with Crippen LogP contribution in [0.2, 0.25) is 0 Å². The molecular formula is C25H28N4O6S. The molecule has 1 amide bonds. The normalized spacial score (nSPS) is 11.4. The van der Waals surface area contributed by atoms with E-state index in [4.69, 9.17) is 15.9 Å². The molecule has 0 saturated heterocycles. The Bertz CT molecular complexity index is 1130. The number of carbonyl (C=O) groups is 3. The van der Waals surface area contributed by atoms with Crippen LogP contribution in [-0.4, -0.2) is 51.2 Å². The smallest absolute Gasteiger partial charge is 0.328 e. The number of anilines is 2. The summed E-state index contributed by atoms with van der Waals surface area (Å²) in [6.45, 7) is 1.28. The molecule has 1 heterocycles. The molecule has 0 aliphatic rings. The number of aliphatic carboxylic acids is 2. The zero-order valence-corrected chi connectivity index (χ0v) is 20.1. The highest BCUT2D eigenvalue weighted by molar-refractivity contribution is 7.13. The van der Waals surface area contributed by atoms with Crippen molar-refractivity contribution in [3.05, 3.63) is 89.0 Å². The first-order valence-electron chi connectivity index (χ1n) is 10.9. The Labute approximate surface area is 212 Å². The first kappa shape index (κ1) is 28.2. The molecule has 3 rings (SSSR count). The largest absolute Gasteiger partial charge is 0.478 e. The Balaban J connectivity index is 0.000000493. The zero-order chi connectivity index (χ0) is 26.3. The van der Waals surface area contributed by atoms with Crippen LogP contribution < -0.4 is 16.4 Å². The van der Waals surface area contributed by atoms with Gasteiger partial charge >= 0.3 is 11.9 Å². The second kappa shape index (κ2) is 15.0. The summed E-state index contributed by atoms with van der Waals surface area (Å²) in [6, 6.07) is 17.4. The predicted octanol–water partition coefficient (Wildman–Crippen LogP) is 2.48. The fraction of sp³-hybridized carbons (Fsp3) is 0.200. The molecule has 0 spiro atoms. The molecule has 0 radical (unpaired) electrons. The number of hydrogen-bond donors (Lipinski definition) is 6. The third kappa shape index (κ3) is 11.4. The van der Waals surface area contributed by atoms with E-state index in [0.717, 1.165) is 29.8 Å². The molecule has 1 atom stereocenters. The molecule has 2 aromatic carbocycles. The summed E-state index contributed by atoms with van der Waals surface area (Å²) in [7, 11) is 0. The average molecular weight is 513 g/mol. The molecule has 1 aromatic heterocycles. The van der Waals surface area contributed by atoms with Gasteiger partial charge in [-0.3, -0.25) is 4.79 Å². The Morgan fingerprint density at radius 2 is 1.64 bits per heavy atom. The third-order valence-corrected chi connectivity index (χ3v) is 5.35. The Kier molecular flexibility index (Phi) is 11.8. The number of amides is 1. The maximum absolute atomic E-state index is 12.0. The van der Waals surface area contributed by atoms with Crippen LogP contribution in [0, 0.1) is 0 Å². The lowest BCUT2D eigenvalue weighted by atomic mass is 10.1. The van der Waals surface area contributed by atoms with Crippen LogP contribution in [0.1, 0.15) is 22.9 Å². The van der Waals surface area contributed by atoms with Crippen LogP contribution in [0.3, 0.4) is 0 Å². The number of hydrogen-bond acceptors (Lipinski definition) is 8. The van der Waals surface area contributed by atoms with E-state index in [-0.39, 0.29) is 12.3 Å². The van der Waals surface area contributed by atoms with E-state index in [1.54, 1.807) is 5.38 Å².